The summed E-state index contributed by atoms with van der Waals surface area (Å²) in [5.74, 6) is -1.87. The van der Waals surface area contributed by atoms with Gasteiger partial charge in [0.2, 0.25) is 0 Å². The van der Waals surface area contributed by atoms with Gasteiger partial charge < -0.3 is 10.6 Å². The first-order chi connectivity index (χ1) is 10.0. The summed E-state index contributed by atoms with van der Waals surface area (Å²) < 4.78 is 27.1. The van der Waals surface area contributed by atoms with Gasteiger partial charge in [0.05, 0.1) is 5.69 Å². The van der Waals surface area contributed by atoms with E-state index >= 15 is 0 Å². The zero-order valence-corrected chi connectivity index (χ0v) is 11.7. The van der Waals surface area contributed by atoms with E-state index in [1.54, 1.807) is 12.1 Å². The summed E-state index contributed by atoms with van der Waals surface area (Å²) in [5.41, 5.74) is 0.818. The molecule has 110 valence electrons. The average Bonchev–Trinajstić information content (AvgIpc) is 2.45. The first-order valence-corrected chi connectivity index (χ1v) is 6.48. The molecule has 1 aromatic heterocycles. The van der Waals surface area contributed by atoms with Crippen LogP contribution in [0.2, 0.25) is 0 Å². The molecular weight excluding hydrogens is 276 g/mol. The van der Waals surface area contributed by atoms with Crippen molar-refractivity contribution in [1.29, 1.82) is 0 Å². The Balaban J connectivity index is 2.22. The molecule has 6 heteroatoms. The van der Waals surface area contributed by atoms with Crippen molar-refractivity contribution in [1.82, 2.24) is 4.98 Å². The summed E-state index contributed by atoms with van der Waals surface area (Å²) in [7, 11) is 0. The molecule has 2 N–H and O–H groups in total. The van der Waals surface area contributed by atoms with Crippen molar-refractivity contribution in [3.63, 3.8) is 0 Å². The highest BCUT2D eigenvalue weighted by molar-refractivity contribution is 6.03. The van der Waals surface area contributed by atoms with E-state index in [0.717, 1.165) is 17.8 Å². The zero-order valence-electron chi connectivity index (χ0n) is 11.7. The first kappa shape index (κ1) is 14.9. The number of benzene rings is 1. The topological polar surface area (TPSA) is 54.0 Å². The average molecular weight is 291 g/mol. The molecule has 1 amide bonds. The van der Waals surface area contributed by atoms with Crippen LogP contribution in [-0.2, 0) is 0 Å². The number of aromatic nitrogens is 1. The quantitative estimate of drug-likeness (QED) is 0.908. The van der Waals surface area contributed by atoms with Gasteiger partial charge in [0.1, 0.15) is 17.3 Å². The predicted octanol–water partition coefficient (Wildman–Crippen LogP) is 3.35. The van der Waals surface area contributed by atoms with Gasteiger partial charge >= 0.3 is 0 Å². The fraction of sp³-hybridized carbons (Fsp3) is 0.200. The van der Waals surface area contributed by atoms with E-state index in [9.17, 15) is 13.6 Å². The molecule has 0 radical (unpaired) electrons. The highest BCUT2D eigenvalue weighted by Gasteiger charge is 2.13. The number of hydrogen-bond donors (Lipinski definition) is 2. The monoisotopic (exact) mass is 291 g/mol. The fourth-order valence-corrected chi connectivity index (χ4v) is 1.80. The van der Waals surface area contributed by atoms with Gasteiger partial charge in [-0.05, 0) is 37.6 Å². The summed E-state index contributed by atoms with van der Waals surface area (Å²) in [6, 6.07) is 5.25. The van der Waals surface area contributed by atoms with Crippen LogP contribution >= 0.6 is 0 Å². The summed E-state index contributed by atoms with van der Waals surface area (Å²) in [4.78, 5) is 15.9. The van der Waals surface area contributed by atoms with Gasteiger partial charge in [-0.2, -0.15) is 0 Å². The SMILES string of the molecule is CCNc1ccnc(C(=O)Nc2cc(F)c(C)cc2F)c1. The van der Waals surface area contributed by atoms with Crippen LogP contribution in [0.5, 0.6) is 0 Å². The number of halogens is 2. The molecule has 21 heavy (non-hydrogen) atoms. The maximum atomic E-state index is 13.7. The van der Waals surface area contributed by atoms with Crippen LogP contribution in [0.1, 0.15) is 23.0 Å². The predicted molar refractivity (Wildman–Crippen MR) is 77.4 cm³/mol. The lowest BCUT2D eigenvalue weighted by atomic mass is 10.2. The molecule has 2 aromatic rings. The number of pyridine rings is 1. The van der Waals surface area contributed by atoms with Crippen LogP contribution in [0, 0.1) is 18.6 Å². The highest BCUT2D eigenvalue weighted by Crippen LogP contribution is 2.19. The Morgan fingerprint density at radius 1 is 1.24 bits per heavy atom. The second-order valence-corrected chi connectivity index (χ2v) is 4.50. The van der Waals surface area contributed by atoms with Gasteiger partial charge in [0, 0.05) is 24.5 Å². The van der Waals surface area contributed by atoms with Crippen LogP contribution in [0.3, 0.4) is 0 Å². The van der Waals surface area contributed by atoms with Gasteiger partial charge in [0.25, 0.3) is 5.91 Å². The lowest BCUT2D eigenvalue weighted by molar-refractivity contribution is 0.102. The van der Waals surface area contributed by atoms with Gasteiger partial charge in [-0.1, -0.05) is 0 Å². The maximum absolute atomic E-state index is 13.7. The van der Waals surface area contributed by atoms with Gasteiger partial charge in [0.15, 0.2) is 0 Å². The van der Waals surface area contributed by atoms with Gasteiger partial charge in [-0.25, -0.2) is 8.78 Å². The first-order valence-electron chi connectivity index (χ1n) is 6.48. The van der Waals surface area contributed by atoms with Crippen molar-refractivity contribution in [2.75, 3.05) is 17.2 Å². The number of anilines is 2. The molecule has 0 atom stereocenters. The molecule has 0 saturated carbocycles. The minimum absolute atomic E-state index is 0.119. The Morgan fingerprint density at radius 2 is 2.00 bits per heavy atom. The number of nitrogens with zero attached hydrogens (tertiary/aromatic N) is 1. The van der Waals surface area contributed by atoms with Crippen LogP contribution < -0.4 is 10.6 Å². The van der Waals surface area contributed by atoms with Crippen LogP contribution in [-0.4, -0.2) is 17.4 Å². The third kappa shape index (κ3) is 3.53. The lowest BCUT2D eigenvalue weighted by Crippen LogP contribution is -2.15. The molecule has 0 aliphatic rings. The van der Waals surface area contributed by atoms with E-state index in [4.69, 9.17) is 0 Å². The van der Waals surface area contributed by atoms with E-state index < -0.39 is 17.5 Å². The number of aryl methyl sites for hydroxylation is 1. The third-order valence-corrected chi connectivity index (χ3v) is 2.87. The molecule has 1 heterocycles. The van der Waals surface area contributed by atoms with Crippen molar-refractivity contribution < 1.29 is 13.6 Å². The number of carbonyl (C=O) groups is 1. The van der Waals surface area contributed by atoms with E-state index in [1.807, 2.05) is 6.92 Å². The van der Waals surface area contributed by atoms with E-state index in [-0.39, 0.29) is 16.9 Å². The van der Waals surface area contributed by atoms with Crippen molar-refractivity contribution in [2.45, 2.75) is 13.8 Å². The minimum Gasteiger partial charge on any atom is -0.385 e. The standard InChI is InChI=1S/C15H15F2N3O/c1-3-18-10-4-5-19-14(7-10)15(21)20-13-8-11(16)9(2)6-12(13)17/h4-8H,3H2,1-2H3,(H,18,19)(H,20,21). The summed E-state index contributed by atoms with van der Waals surface area (Å²) in [6.45, 7) is 4.07. The van der Waals surface area contributed by atoms with E-state index in [0.29, 0.717) is 6.54 Å². The second-order valence-electron chi connectivity index (χ2n) is 4.50. The van der Waals surface area contributed by atoms with Gasteiger partial charge in [-0.3, -0.25) is 9.78 Å². The van der Waals surface area contributed by atoms with Crippen molar-refractivity contribution >= 4 is 17.3 Å². The van der Waals surface area contributed by atoms with Crippen LogP contribution in [0.4, 0.5) is 20.2 Å². The number of nitrogens with one attached hydrogen (secondary N) is 2. The van der Waals surface area contributed by atoms with E-state index in [2.05, 4.69) is 15.6 Å². The normalized spacial score (nSPS) is 10.3. The number of rotatable bonds is 4. The Bertz CT molecular complexity index is 674. The third-order valence-electron chi connectivity index (χ3n) is 2.87. The Kier molecular flexibility index (Phi) is 4.47. The molecule has 4 nitrogen and oxygen atoms in total. The van der Waals surface area contributed by atoms with Crippen LogP contribution in [0.25, 0.3) is 0 Å². The van der Waals surface area contributed by atoms with E-state index in [1.165, 1.54) is 13.1 Å². The molecule has 0 unspecified atom stereocenters. The Labute approximate surface area is 121 Å². The summed E-state index contributed by atoms with van der Waals surface area (Å²) in [6.07, 6.45) is 1.47. The molecule has 0 aliphatic carbocycles. The van der Waals surface area contributed by atoms with Crippen molar-refractivity contribution in [3.05, 3.63) is 53.4 Å². The highest BCUT2D eigenvalue weighted by atomic mass is 19.1. The summed E-state index contributed by atoms with van der Waals surface area (Å²) >= 11 is 0. The molecule has 0 bridgehead atoms. The fourth-order valence-electron chi connectivity index (χ4n) is 1.80. The minimum atomic E-state index is -0.690. The molecule has 1 aromatic carbocycles. The van der Waals surface area contributed by atoms with Crippen LogP contribution in [0.15, 0.2) is 30.5 Å². The Morgan fingerprint density at radius 3 is 2.71 bits per heavy atom. The molecule has 0 aliphatic heterocycles. The maximum Gasteiger partial charge on any atom is 0.274 e. The molecule has 0 saturated heterocycles. The molecule has 2 rings (SSSR count). The second kappa shape index (κ2) is 6.30. The number of amides is 1. The van der Waals surface area contributed by atoms with Gasteiger partial charge in [-0.15, -0.1) is 0 Å². The van der Waals surface area contributed by atoms with Crippen molar-refractivity contribution in [2.24, 2.45) is 0 Å². The molecule has 0 fully saturated rings. The Hall–Kier alpha value is -2.50. The lowest BCUT2D eigenvalue weighted by Gasteiger charge is -2.09. The largest absolute Gasteiger partial charge is 0.385 e. The zero-order chi connectivity index (χ0) is 15.4. The molecule has 0 spiro atoms. The number of hydrogen-bond acceptors (Lipinski definition) is 3. The smallest absolute Gasteiger partial charge is 0.274 e. The number of carbonyl (C=O) groups excluding carboxylic acids is 1. The van der Waals surface area contributed by atoms with Crippen molar-refractivity contribution in [3.8, 4) is 0 Å². The molecular formula is C15H15F2N3O. The summed E-state index contributed by atoms with van der Waals surface area (Å²) in [5, 5.41) is 5.36.